The Bertz CT molecular complexity index is 967. The molecule has 2 aromatic rings. The molecule has 1 aromatic heterocycles. The predicted molar refractivity (Wildman–Crippen MR) is 90.6 cm³/mol. The van der Waals surface area contributed by atoms with E-state index in [4.69, 9.17) is 0 Å². The van der Waals surface area contributed by atoms with Gasteiger partial charge in [-0.1, -0.05) is 6.07 Å². The van der Waals surface area contributed by atoms with Crippen LogP contribution in [0.2, 0.25) is 0 Å². The number of nitrogens with zero attached hydrogens (tertiary/aromatic N) is 2. The van der Waals surface area contributed by atoms with E-state index in [0.717, 1.165) is 23.1 Å². The highest BCUT2D eigenvalue weighted by Gasteiger charge is 2.32. The van der Waals surface area contributed by atoms with Crippen LogP contribution in [-0.2, 0) is 29.5 Å². The Morgan fingerprint density at radius 1 is 1.24 bits per heavy atom. The van der Waals surface area contributed by atoms with Crippen molar-refractivity contribution < 1.29 is 21.6 Å². The average Bonchev–Trinajstić information content (AvgIpc) is 2.50. The van der Waals surface area contributed by atoms with Gasteiger partial charge < -0.3 is 0 Å². The van der Waals surface area contributed by atoms with Gasteiger partial charge in [0.05, 0.1) is 16.7 Å². The second-order valence-electron chi connectivity index (χ2n) is 5.42. The molecule has 0 N–H and O–H groups in total. The Kier molecular flexibility index (Phi) is 5.33. The maximum absolute atomic E-state index is 12.9. The molecule has 0 saturated carbocycles. The zero-order chi connectivity index (χ0) is 19.0. The summed E-state index contributed by atoms with van der Waals surface area (Å²) < 4.78 is 64.0. The second kappa shape index (κ2) is 6.83. The van der Waals surface area contributed by atoms with Crippen LogP contribution in [0, 0.1) is 0 Å². The number of hydrogen-bond donors (Lipinski definition) is 1. The fourth-order valence-corrected chi connectivity index (χ4v) is 3.54. The molecule has 0 aliphatic carbocycles. The minimum atomic E-state index is -4.68. The monoisotopic (exact) mass is 392 g/mol. The SMILES string of the molecule is Cn1ncc(-c2ccc(C(F)(F)F)cc2S(C)(=O)=O)c(CCS)c1=O. The summed E-state index contributed by atoms with van der Waals surface area (Å²) in [6.07, 6.45) is -2.37. The van der Waals surface area contributed by atoms with Gasteiger partial charge in [0.25, 0.3) is 5.56 Å². The number of hydrogen-bond acceptors (Lipinski definition) is 5. The highest BCUT2D eigenvalue weighted by Crippen LogP contribution is 2.35. The van der Waals surface area contributed by atoms with Gasteiger partial charge in [0.1, 0.15) is 0 Å². The average molecular weight is 392 g/mol. The molecule has 0 saturated heterocycles. The number of aryl methyl sites for hydroxylation is 1. The molecule has 0 radical (unpaired) electrons. The fraction of sp³-hybridized carbons (Fsp3) is 0.333. The highest BCUT2D eigenvalue weighted by molar-refractivity contribution is 7.90. The quantitative estimate of drug-likeness (QED) is 0.811. The van der Waals surface area contributed by atoms with Gasteiger partial charge in [0.15, 0.2) is 9.84 Å². The Morgan fingerprint density at radius 3 is 2.40 bits per heavy atom. The molecule has 1 aromatic carbocycles. The molecule has 0 amide bonds. The zero-order valence-corrected chi connectivity index (χ0v) is 15.0. The van der Waals surface area contributed by atoms with E-state index in [9.17, 15) is 26.4 Å². The molecule has 0 bridgehead atoms. The molecule has 0 aliphatic rings. The van der Waals surface area contributed by atoms with Crippen molar-refractivity contribution in [3.05, 3.63) is 45.9 Å². The van der Waals surface area contributed by atoms with Crippen LogP contribution in [0.5, 0.6) is 0 Å². The van der Waals surface area contributed by atoms with Gasteiger partial charge in [-0.3, -0.25) is 4.79 Å². The highest BCUT2D eigenvalue weighted by atomic mass is 32.2. The number of alkyl halides is 3. The number of thiol groups is 1. The van der Waals surface area contributed by atoms with E-state index in [1.54, 1.807) is 0 Å². The molecule has 1 heterocycles. The third kappa shape index (κ3) is 4.06. The van der Waals surface area contributed by atoms with Crippen LogP contribution in [-0.4, -0.2) is 30.2 Å². The number of rotatable bonds is 4. The van der Waals surface area contributed by atoms with E-state index in [0.29, 0.717) is 11.8 Å². The van der Waals surface area contributed by atoms with Crippen molar-refractivity contribution in [1.29, 1.82) is 0 Å². The molecule has 0 fully saturated rings. The third-order valence-corrected chi connectivity index (χ3v) is 4.96. The lowest BCUT2D eigenvalue weighted by molar-refractivity contribution is -0.137. The molecule has 136 valence electrons. The molecule has 0 atom stereocenters. The second-order valence-corrected chi connectivity index (χ2v) is 7.85. The summed E-state index contributed by atoms with van der Waals surface area (Å²) in [5.41, 5.74) is -1.09. The maximum Gasteiger partial charge on any atom is 0.416 e. The van der Waals surface area contributed by atoms with Crippen molar-refractivity contribution in [2.75, 3.05) is 12.0 Å². The Hall–Kier alpha value is -1.81. The molecule has 2 rings (SSSR count). The molecular formula is C15H15F3N2O3S2. The normalized spacial score (nSPS) is 12.4. The Labute approximate surface area is 147 Å². The first-order chi connectivity index (χ1) is 11.5. The van der Waals surface area contributed by atoms with Crippen molar-refractivity contribution in [3.63, 3.8) is 0 Å². The standard InChI is InChI=1S/C15H15F3N2O3S2/c1-20-14(21)11(5-6-24)12(8-19-20)10-4-3-9(15(16,17)18)7-13(10)25(2,22)23/h3-4,7-8,24H,5-6H2,1-2H3. The van der Waals surface area contributed by atoms with Crippen molar-refractivity contribution in [2.45, 2.75) is 17.5 Å². The first-order valence-corrected chi connectivity index (χ1v) is 9.57. The van der Waals surface area contributed by atoms with Gasteiger partial charge in [-0.25, -0.2) is 13.1 Å². The van der Waals surface area contributed by atoms with E-state index in [2.05, 4.69) is 17.7 Å². The largest absolute Gasteiger partial charge is 0.416 e. The van der Waals surface area contributed by atoms with Crippen molar-refractivity contribution in [3.8, 4) is 11.1 Å². The van der Waals surface area contributed by atoms with Crippen LogP contribution in [0.25, 0.3) is 11.1 Å². The van der Waals surface area contributed by atoms with Gasteiger partial charge in [-0.15, -0.1) is 0 Å². The third-order valence-electron chi connectivity index (χ3n) is 3.60. The van der Waals surface area contributed by atoms with E-state index in [1.807, 2.05) is 0 Å². The fourth-order valence-electron chi connectivity index (χ4n) is 2.40. The molecule has 10 heteroatoms. The Morgan fingerprint density at radius 2 is 1.88 bits per heavy atom. The number of benzene rings is 1. The summed E-state index contributed by atoms with van der Waals surface area (Å²) in [5, 5.41) is 3.85. The summed E-state index contributed by atoms with van der Waals surface area (Å²) >= 11 is 4.07. The lowest BCUT2D eigenvalue weighted by atomic mass is 10.00. The smallest absolute Gasteiger partial charge is 0.267 e. The van der Waals surface area contributed by atoms with Crippen LogP contribution in [0.15, 0.2) is 34.1 Å². The topological polar surface area (TPSA) is 69.0 Å². The minimum Gasteiger partial charge on any atom is -0.267 e. The van der Waals surface area contributed by atoms with Gasteiger partial charge >= 0.3 is 6.18 Å². The van der Waals surface area contributed by atoms with Crippen molar-refractivity contribution >= 4 is 22.5 Å². The molecule has 5 nitrogen and oxygen atoms in total. The van der Waals surface area contributed by atoms with Crippen molar-refractivity contribution in [1.82, 2.24) is 9.78 Å². The number of sulfone groups is 1. The summed E-state index contributed by atoms with van der Waals surface area (Å²) in [6.45, 7) is 0. The molecule has 0 unspecified atom stereocenters. The molecule has 25 heavy (non-hydrogen) atoms. The first-order valence-electron chi connectivity index (χ1n) is 7.04. The summed E-state index contributed by atoms with van der Waals surface area (Å²) in [5.74, 6) is 0.307. The van der Waals surface area contributed by atoms with E-state index >= 15 is 0 Å². The summed E-state index contributed by atoms with van der Waals surface area (Å²) in [6, 6.07) is 2.41. The van der Waals surface area contributed by atoms with E-state index in [-0.39, 0.29) is 23.1 Å². The zero-order valence-electron chi connectivity index (χ0n) is 13.3. The summed E-state index contributed by atoms with van der Waals surface area (Å²) in [4.78, 5) is 11.8. The lowest BCUT2D eigenvalue weighted by Gasteiger charge is -2.15. The van der Waals surface area contributed by atoms with Gasteiger partial charge in [-0.2, -0.15) is 30.9 Å². The van der Waals surface area contributed by atoms with Crippen LogP contribution in [0.4, 0.5) is 13.2 Å². The molecule has 0 aliphatic heterocycles. The van der Waals surface area contributed by atoms with Crippen molar-refractivity contribution in [2.24, 2.45) is 7.05 Å². The predicted octanol–water partition coefficient (Wildman–Crippen LogP) is 2.34. The van der Waals surface area contributed by atoms with Crippen LogP contribution in [0.1, 0.15) is 11.1 Å². The minimum absolute atomic E-state index is 0.0116. The van der Waals surface area contributed by atoms with E-state index < -0.39 is 32.0 Å². The molecule has 0 spiro atoms. The van der Waals surface area contributed by atoms with Gasteiger partial charge in [0, 0.05) is 30.0 Å². The van der Waals surface area contributed by atoms with Crippen LogP contribution >= 0.6 is 12.6 Å². The van der Waals surface area contributed by atoms with E-state index in [1.165, 1.54) is 13.2 Å². The van der Waals surface area contributed by atoms with Gasteiger partial charge in [-0.05, 0) is 24.3 Å². The van der Waals surface area contributed by atoms with Crippen LogP contribution in [0.3, 0.4) is 0 Å². The first kappa shape index (κ1) is 19.5. The molecular weight excluding hydrogens is 377 g/mol. The number of aromatic nitrogens is 2. The maximum atomic E-state index is 12.9. The Balaban J connectivity index is 2.85. The number of halogens is 3. The van der Waals surface area contributed by atoms with Gasteiger partial charge in [0.2, 0.25) is 0 Å². The summed E-state index contributed by atoms with van der Waals surface area (Å²) in [7, 11) is -2.55. The van der Waals surface area contributed by atoms with Crippen LogP contribution < -0.4 is 5.56 Å². The lowest BCUT2D eigenvalue weighted by Crippen LogP contribution is -2.24.